The van der Waals surface area contributed by atoms with Gasteiger partial charge in [0, 0.05) is 12.6 Å². The molecule has 2 saturated carbocycles. The van der Waals surface area contributed by atoms with Gasteiger partial charge in [-0.3, -0.25) is 0 Å². The summed E-state index contributed by atoms with van der Waals surface area (Å²) in [6.45, 7) is 3.87. The third-order valence-electron chi connectivity index (χ3n) is 4.34. The van der Waals surface area contributed by atoms with E-state index in [0.717, 1.165) is 24.4 Å². The Morgan fingerprint density at radius 2 is 1.80 bits per heavy atom. The average Bonchev–Trinajstić information content (AvgIpc) is 2.23. The molecule has 2 fully saturated rings. The Hall–Kier alpha value is -0.0800. The maximum Gasteiger partial charge on any atom is 0.0462 e. The predicted octanol–water partition coefficient (Wildman–Crippen LogP) is 2.17. The fourth-order valence-corrected chi connectivity index (χ4v) is 3.18. The Kier molecular flexibility index (Phi) is 4.04. The summed E-state index contributed by atoms with van der Waals surface area (Å²) in [5, 5.41) is 13.0. The first-order valence-corrected chi connectivity index (χ1v) is 6.64. The van der Waals surface area contributed by atoms with Crippen molar-refractivity contribution in [1.82, 2.24) is 5.32 Å². The van der Waals surface area contributed by atoms with Crippen LogP contribution in [0.3, 0.4) is 0 Å². The van der Waals surface area contributed by atoms with E-state index in [1.165, 1.54) is 38.5 Å². The molecule has 2 aliphatic carbocycles. The maximum absolute atomic E-state index is 9.31. The molecule has 0 heterocycles. The van der Waals surface area contributed by atoms with Crippen molar-refractivity contribution in [2.24, 2.45) is 17.8 Å². The molecule has 0 radical (unpaired) electrons. The van der Waals surface area contributed by atoms with Crippen molar-refractivity contribution in [2.45, 2.75) is 51.5 Å². The fourth-order valence-electron chi connectivity index (χ4n) is 3.18. The monoisotopic (exact) mass is 211 g/mol. The Labute approximate surface area is 93.5 Å². The minimum atomic E-state index is 0.396. The summed E-state index contributed by atoms with van der Waals surface area (Å²) in [7, 11) is 0. The van der Waals surface area contributed by atoms with E-state index in [0.29, 0.717) is 12.5 Å². The molecular formula is C13H25NO. The molecule has 2 nitrogen and oxygen atoms in total. The Balaban J connectivity index is 1.68. The van der Waals surface area contributed by atoms with Gasteiger partial charge in [0.1, 0.15) is 0 Å². The van der Waals surface area contributed by atoms with Crippen LogP contribution in [0, 0.1) is 17.8 Å². The second-order valence-corrected chi connectivity index (χ2v) is 5.67. The van der Waals surface area contributed by atoms with Crippen LogP contribution in [-0.4, -0.2) is 24.3 Å². The van der Waals surface area contributed by atoms with E-state index in [4.69, 9.17) is 0 Å². The van der Waals surface area contributed by atoms with Gasteiger partial charge >= 0.3 is 0 Å². The summed E-state index contributed by atoms with van der Waals surface area (Å²) in [4.78, 5) is 0. The molecule has 2 atom stereocenters. The lowest BCUT2D eigenvalue weighted by molar-refractivity contribution is 0.123. The molecule has 2 aliphatic rings. The van der Waals surface area contributed by atoms with E-state index in [1.54, 1.807) is 0 Å². The molecule has 0 aromatic carbocycles. The summed E-state index contributed by atoms with van der Waals surface area (Å²) in [5.74, 6) is 2.24. The van der Waals surface area contributed by atoms with Crippen molar-refractivity contribution < 1.29 is 5.11 Å². The van der Waals surface area contributed by atoms with Crippen LogP contribution in [0.5, 0.6) is 0 Å². The van der Waals surface area contributed by atoms with Gasteiger partial charge in [0.2, 0.25) is 0 Å². The van der Waals surface area contributed by atoms with Crippen LogP contribution in [0.25, 0.3) is 0 Å². The highest BCUT2D eigenvalue weighted by molar-refractivity contribution is 4.84. The van der Waals surface area contributed by atoms with Crippen molar-refractivity contribution in [1.29, 1.82) is 0 Å². The number of aliphatic hydroxyl groups excluding tert-OH is 1. The highest BCUT2D eigenvalue weighted by Crippen LogP contribution is 2.31. The van der Waals surface area contributed by atoms with Crippen LogP contribution in [-0.2, 0) is 0 Å². The average molecular weight is 211 g/mol. The van der Waals surface area contributed by atoms with Crippen molar-refractivity contribution >= 4 is 0 Å². The summed E-state index contributed by atoms with van der Waals surface area (Å²) in [6.07, 6.45) is 7.96. The lowest BCUT2D eigenvalue weighted by atomic mass is 9.78. The Bertz CT molecular complexity index is 189. The van der Waals surface area contributed by atoms with Gasteiger partial charge in [0.05, 0.1) is 0 Å². The summed E-state index contributed by atoms with van der Waals surface area (Å²) in [6, 6.07) is 0.779. The zero-order chi connectivity index (χ0) is 10.7. The van der Waals surface area contributed by atoms with E-state index >= 15 is 0 Å². The lowest BCUT2D eigenvalue weighted by Crippen LogP contribution is -2.44. The largest absolute Gasteiger partial charge is 0.396 e. The molecule has 2 heteroatoms. The molecule has 2 rings (SSSR count). The lowest BCUT2D eigenvalue weighted by Gasteiger charge is -2.37. The van der Waals surface area contributed by atoms with Gasteiger partial charge in [-0.2, -0.15) is 0 Å². The van der Waals surface area contributed by atoms with Gasteiger partial charge in [0.15, 0.2) is 0 Å². The first-order valence-electron chi connectivity index (χ1n) is 6.64. The quantitative estimate of drug-likeness (QED) is 0.747. The third-order valence-corrected chi connectivity index (χ3v) is 4.34. The van der Waals surface area contributed by atoms with E-state index in [9.17, 15) is 5.11 Å². The smallest absolute Gasteiger partial charge is 0.0462 e. The van der Waals surface area contributed by atoms with Crippen molar-refractivity contribution in [3.8, 4) is 0 Å². The molecule has 88 valence electrons. The SMILES string of the molecule is CC1CC(NCC2CCCCC2CO)C1. The molecule has 2 N–H and O–H groups in total. The summed E-state index contributed by atoms with van der Waals surface area (Å²) >= 11 is 0. The van der Waals surface area contributed by atoms with Gasteiger partial charge < -0.3 is 10.4 Å². The van der Waals surface area contributed by atoms with Gasteiger partial charge in [-0.05, 0) is 50.0 Å². The van der Waals surface area contributed by atoms with E-state index in [1.807, 2.05) is 0 Å². The minimum Gasteiger partial charge on any atom is -0.396 e. The molecule has 0 aliphatic heterocycles. The summed E-state index contributed by atoms with van der Waals surface area (Å²) < 4.78 is 0. The normalized spacial score (nSPS) is 41.2. The minimum absolute atomic E-state index is 0.396. The number of hydrogen-bond donors (Lipinski definition) is 2. The highest BCUT2D eigenvalue weighted by atomic mass is 16.3. The molecule has 2 unspecified atom stereocenters. The second kappa shape index (κ2) is 5.31. The van der Waals surface area contributed by atoms with Crippen LogP contribution >= 0.6 is 0 Å². The van der Waals surface area contributed by atoms with Crippen LogP contribution in [0.1, 0.15) is 45.4 Å². The number of rotatable bonds is 4. The molecular weight excluding hydrogens is 186 g/mol. The molecule has 15 heavy (non-hydrogen) atoms. The second-order valence-electron chi connectivity index (χ2n) is 5.67. The van der Waals surface area contributed by atoms with Crippen LogP contribution in [0.15, 0.2) is 0 Å². The van der Waals surface area contributed by atoms with Crippen molar-refractivity contribution in [3.05, 3.63) is 0 Å². The van der Waals surface area contributed by atoms with Crippen molar-refractivity contribution in [3.63, 3.8) is 0 Å². The number of aliphatic hydroxyl groups is 1. The van der Waals surface area contributed by atoms with Crippen LogP contribution in [0.4, 0.5) is 0 Å². The fraction of sp³-hybridized carbons (Fsp3) is 1.00. The first-order chi connectivity index (χ1) is 7.29. The van der Waals surface area contributed by atoms with E-state index in [2.05, 4.69) is 12.2 Å². The molecule has 0 spiro atoms. The maximum atomic E-state index is 9.31. The van der Waals surface area contributed by atoms with Crippen LogP contribution < -0.4 is 5.32 Å². The van der Waals surface area contributed by atoms with Gasteiger partial charge in [-0.15, -0.1) is 0 Å². The predicted molar refractivity (Wildman–Crippen MR) is 62.7 cm³/mol. The number of nitrogens with one attached hydrogen (secondary N) is 1. The van der Waals surface area contributed by atoms with Gasteiger partial charge in [0.25, 0.3) is 0 Å². The van der Waals surface area contributed by atoms with E-state index < -0.39 is 0 Å². The Morgan fingerprint density at radius 3 is 2.40 bits per heavy atom. The van der Waals surface area contributed by atoms with Crippen molar-refractivity contribution in [2.75, 3.05) is 13.2 Å². The zero-order valence-electron chi connectivity index (χ0n) is 9.91. The van der Waals surface area contributed by atoms with Crippen LogP contribution in [0.2, 0.25) is 0 Å². The molecule has 0 amide bonds. The topological polar surface area (TPSA) is 32.3 Å². The van der Waals surface area contributed by atoms with Gasteiger partial charge in [-0.25, -0.2) is 0 Å². The summed E-state index contributed by atoms with van der Waals surface area (Å²) in [5.41, 5.74) is 0. The zero-order valence-corrected chi connectivity index (χ0v) is 9.91. The van der Waals surface area contributed by atoms with E-state index in [-0.39, 0.29) is 0 Å². The number of hydrogen-bond acceptors (Lipinski definition) is 2. The molecule has 0 aromatic rings. The molecule has 0 aromatic heterocycles. The first kappa shape index (κ1) is 11.4. The highest BCUT2D eigenvalue weighted by Gasteiger charge is 2.28. The molecule has 0 saturated heterocycles. The third kappa shape index (κ3) is 2.94. The van der Waals surface area contributed by atoms with Gasteiger partial charge in [-0.1, -0.05) is 19.8 Å². The molecule has 0 bridgehead atoms. The standard InChI is InChI=1S/C13H25NO/c1-10-6-13(7-10)14-8-11-4-2-3-5-12(11)9-15/h10-15H,2-9H2,1H3. The Morgan fingerprint density at radius 1 is 1.13 bits per heavy atom.